The summed E-state index contributed by atoms with van der Waals surface area (Å²) >= 11 is 0. The first-order valence-corrected chi connectivity index (χ1v) is 9.44. The lowest BCUT2D eigenvalue weighted by atomic mass is 10.0. The highest BCUT2D eigenvalue weighted by Crippen LogP contribution is 2.38. The summed E-state index contributed by atoms with van der Waals surface area (Å²) in [6, 6.07) is 10.1. The molecule has 10 heteroatoms. The number of aromatic nitrogens is 2. The van der Waals surface area contributed by atoms with Crippen molar-refractivity contribution < 1.29 is 22.4 Å². The molecule has 2 aromatic heterocycles. The molecule has 0 saturated heterocycles. The summed E-state index contributed by atoms with van der Waals surface area (Å²) in [5, 5.41) is 5.70. The first-order valence-electron chi connectivity index (χ1n) is 9.44. The molecular weight excluding hydrogens is 414 g/mol. The summed E-state index contributed by atoms with van der Waals surface area (Å²) in [6.07, 6.45) is -2.98. The van der Waals surface area contributed by atoms with Crippen molar-refractivity contribution in [2.24, 2.45) is 0 Å². The van der Waals surface area contributed by atoms with Gasteiger partial charge in [0, 0.05) is 18.7 Å². The normalized spacial score (nSPS) is 13.7. The maximum Gasteiger partial charge on any atom is 0.417 e. The SMILES string of the molecule is O=C(Nc1ccc(F)cn1)N1CCCNc2ccc(-c3ccccc3C(F)(F)F)nc21. The Hall–Kier alpha value is -3.69. The number of pyridine rings is 2. The Bertz CT molecular complexity index is 1100. The Morgan fingerprint density at radius 2 is 1.90 bits per heavy atom. The molecule has 2 N–H and O–H groups in total. The number of nitrogens with zero attached hydrogens (tertiary/aromatic N) is 3. The molecule has 0 fully saturated rings. The fraction of sp³-hybridized carbons (Fsp3) is 0.190. The molecule has 0 unspecified atom stereocenters. The van der Waals surface area contributed by atoms with Gasteiger partial charge in [-0.25, -0.2) is 19.2 Å². The molecule has 3 aromatic rings. The molecule has 31 heavy (non-hydrogen) atoms. The molecule has 4 rings (SSSR count). The van der Waals surface area contributed by atoms with Gasteiger partial charge in [0.15, 0.2) is 5.82 Å². The number of benzene rings is 1. The third-order valence-electron chi connectivity index (χ3n) is 4.72. The minimum atomic E-state index is -4.55. The second-order valence-corrected chi connectivity index (χ2v) is 6.83. The van der Waals surface area contributed by atoms with Crippen LogP contribution in [0.25, 0.3) is 11.3 Å². The molecule has 1 aromatic carbocycles. The molecule has 1 aliphatic rings. The van der Waals surface area contributed by atoms with Crippen LogP contribution in [-0.2, 0) is 6.18 Å². The van der Waals surface area contributed by atoms with Gasteiger partial charge in [-0.15, -0.1) is 0 Å². The quantitative estimate of drug-likeness (QED) is 0.551. The van der Waals surface area contributed by atoms with E-state index in [2.05, 4.69) is 20.6 Å². The predicted molar refractivity (Wildman–Crippen MR) is 108 cm³/mol. The fourth-order valence-electron chi connectivity index (χ4n) is 3.29. The largest absolute Gasteiger partial charge is 0.417 e. The number of hydrogen-bond donors (Lipinski definition) is 2. The van der Waals surface area contributed by atoms with Crippen molar-refractivity contribution in [2.45, 2.75) is 12.6 Å². The molecular formula is C21H17F4N5O. The van der Waals surface area contributed by atoms with Crippen LogP contribution >= 0.6 is 0 Å². The van der Waals surface area contributed by atoms with E-state index in [-0.39, 0.29) is 29.4 Å². The van der Waals surface area contributed by atoms with Gasteiger partial charge in [0.05, 0.1) is 23.1 Å². The van der Waals surface area contributed by atoms with Crippen LogP contribution < -0.4 is 15.5 Å². The number of carbonyl (C=O) groups is 1. The van der Waals surface area contributed by atoms with Crippen molar-refractivity contribution in [1.29, 1.82) is 0 Å². The monoisotopic (exact) mass is 431 g/mol. The first-order chi connectivity index (χ1) is 14.8. The van der Waals surface area contributed by atoms with Gasteiger partial charge in [-0.2, -0.15) is 13.2 Å². The summed E-state index contributed by atoms with van der Waals surface area (Å²) < 4.78 is 53.5. The highest BCUT2D eigenvalue weighted by Gasteiger charge is 2.34. The maximum atomic E-state index is 13.5. The molecule has 160 valence electrons. The van der Waals surface area contributed by atoms with E-state index in [1.165, 1.54) is 35.2 Å². The van der Waals surface area contributed by atoms with E-state index in [0.717, 1.165) is 18.3 Å². The minimum absolute atomic E-state index is 0.0809. The number of hydrogen-bond acceptors (Lipinski definition) is 4. The summed E-state index contributed by atoms with van der Waals surface area (Å²) in [6.45, 7) is 0.843. The van der Waals surface area contributed by atoms with Gasteiger partial charge in [0.1, 0.15) is 11.6 Å². The Labute approximate surface area is 174 Å². The molecule has 0 aliphatic carbocycles. The third kappa shape index (κ3) is 4.42. The van der Waals surface area contributed by atoms with Crippen molar-refractivity contribution in [3.05, 3.63) is 66.1 Å². The van der Waals surface area contributed by atoms with Crippen molar-refractivity contribution in [3.8, 4) is 11.3 Å². The number of carbonyl (C=O) groups excluding carboxylic acids is 1. The average Bonchev–Trinajstić information content (AvgIpc) is 2.97. The lowest BCUT2D eigenvalue weighted by Gasteiger charge is -2.22. The molecule has 6 nitrogen and oxygen atoms in total. The van der Waals surface area contributed by atoms with Crippen LogP contribution in [0.4, 0.5) is 39.7 Å². The molecule has 1 aliphatic heterocycles. The van der Waals surface area contributed by atoms with E-state index in [9.17, 15) is 22.4 Å². The summed E-state index contributed by atoms with van der Waals surface area (Å²) in [5.41, 5.74) is -0.279. The van der Waals surface area contributed by atoms with Gasteiger partial charge in [-0.05, 0) is 36.8 Å². The molecule has 2 amide bonds. The Morgan fingerprint density at radius 3 is 2.65 bits per heavy atom. The smallest absolute Gasteiger partial charge is 0.382 e. The fourth-order valence-corrected chi connectivity index (χ4v) is 3.29. The van der Waals surface area contributed by atoms with Gasteiger partial charge >= 0.3 is 12.2 Å². The minimum Gasteiger partial charge on any atom is -0.382 e. The average molecular weight is 431 g/mol. The van der Waals surface area contributed by atoms with Gasteiger partial charge < -0.3 is 5.32 Å². The second kappa shape index (κ2) is 8.21. The zero-order valence-corrected chi connectivity index (χ0v) is 16.1. The van der Waals surface area contributed by atoms with Gasteiger partial charge in [0.2, 0.25) is 0 Å². The van der Waals surface area contributed by atoms with E-state index in [0.29, 0.717) is 18.7 Å². The van der Waals surface area contributed by atoms with Crippen molar-refractivity contribution in [1.82, 2.24) is 9.97 Å². The molecule has 0 atom stereocenters. The van der Waals surface area contributed by atoms with Crippen LogP contribution in [0, 0.1) is 5.82 Å². The number of nitrogens with one attached hydrogen (secondary N) is 2. The van der Waals surface area contributed by atoms with Gasteiger partial charge in [-0.3, -0.25) is 10.2 Å². The summed E-state index contributed by atoms with van der Waals surface area (Å²) in [4.78, 5) is 22.4. The van der Waals surface area contributed by atoms with Crippen LogP contribution in [-0.4, -0.2) is 29.1 Å². The highest BCUT2D eigenvalue weighted by molar-refractivity contribution is 6.02. The lowest BCUT2D eigenvalue weighted by Crippen LogP contribution is -2.36. The predicted octanol–water partition coefficient (Wildman–Crippen LogP) is 5.16. The van der Waals surface area contributed by atoms with Gasteiger partial charge in [0.25, 0.3) is 0 Å². The van der Waals surface area contributed by atoms with E-state index in [1.807, 2.05) is 0 Å². The standard InChI is InChI=1S/C21H17F4N5O/c22-13-6-9-18(27-12-13)29-20(31)30-11-3-10-26-17-8-7-16(28-19(17)30)14-4-1-2-5-15(14)21(23,24)25/h1-2,4-9,12,26H,3,10-11H2,(H,27,29,31). The van der Waals surface area contributed by atoms with Crippen molar-refractivity contribution in [3.63, 3.8) is 0 Å². The zero-order chi connectivity index (χ0) is 22.0. The zero-order valence-electron chi connectivity index (χ0n) is 16.1. The molecule has 0 saturated carbocycles. The highest BCUT2D eigenvalue weighted by atomic mass is 19.4. The van der Waals surface area contributed by atoms with E-state index in [4.69, 9.17) is 0 Å². The van der Waals surface area contributed by atoms with Crippen molar-refractivity contribution >= 4 is 23.4 Å². The maximum absolute atomic E-state index is 13.5. The van der Waals surface area contributed by atoms with E-state index < -0.39 is 23.6 Å². The number of amides is 2. The molecule has 0 bridgehead atoms. The van der Waals surface area contributed by atoms with Crippen LogP contribution in [0.3, 0.4) is 0 Å². The Kier molecular flexibility index (Phi) is 5.45. The van der Waals surface area contributed by atoms with Gasteiger partial charge in [-0.1, -0.05) is 18.2 Å². The number of alkyl halides is 3. The first kappa shape index (κ1) is 20.6. The number of anilines is 3. The Balaban J connectivity index is 1.72. The molecule has 0 spiro atoms. The molecule has 3 heterocycles. The number of urea groups is 1. The topological polar surface area (TPSA) is 70.2 Å². The third-order valence-corrected chi connectivity index (χ3v) is 4.72. The van der Waals surface area contributed by atoms with E-state index >= 15 is 0 Å². The van der Waals surface area contributed by atoms with Crippen LogP contribution in [0.15, 0.2) is 54.7 Å². The lowest BCUT2D eigenvalue weighted by molar-refractivity contribution is -0.137. The number of rotatable bonds is 2. The van der Waals surface area contributed by atoms with Crippen LogP contribution in [0.1, 0.15) is 12.0 Å². The van der Waals surface area contributed by atoms with Crippen LogP contribution in [0.2, 0.25) is 0 Å². The summed E-state index contributed by atoms with van der Waals surface area (Å²) in [5.74, 6) is -0.202. The van der Waals surface area contributed by atoms with E-state index in [1.54, 1.807) is 6.07 Å². The summed E-state index contributed by atoms with van der Waals surface area (Å²) in [7, 11) is 0. The second-order valence-electron chi connectivity index (χ2n) is 6.83. The number of halogens is 4. The van der Waals surface area contributed by atoms with Crippen molar-refractivity contribution in [2.75, 3.05) is 28.6 Å². The molecule has 0 radical (unpaired) electrons. The van der Waals surface area contributed by atoms with Crippen LogP contribution in [0.5, 0.6) is 0 Å². The number of fused-ring (bicyclic) bond motifs is 1. The Morgan fingerprint density at radius 1 is 1.10 bits per heavy atom.